The molecular formula is C59H46Si. The van der Waals surface area contributed by atoms with Gasteiger partial charge in [0.1, 0.15) is 8.07 Å². The van der Waals surface area contributed by atoms with E-state index in [1.807, 2.05) is 0 Å². The molecule has 9 aromatic carbocycles. The summed E-state index contributed by atoms with van der Waals surface area (Å²) in [5, 5.41) is 10.9. The predicted molar refractivity (Wildman–Crippen MR) is 261 cm³/mol. The summed E-state index contributed by atoms with van der Waals surface area (Å²) in [5.74, 6) is 0.451. The fraction of sp³-hybridized carbons (Fsp3) is 0.119. The molecule has 1 heteroatoms. The Morgan fingerprint density at radius 2 is 1.10 bits per heavy atom. The van der Waals surface area contributed by atoms with Gasteiger partial charge in [-0.3, -0.25) is 0 Å². The van der Waals surface area contributed by atoms with E-state index in [9.17, 15) is 0 Å². The van der Waals surface area contributed by atoms with Crippen molar-refractivity contribution in [1.82, 2.24) is 0 Å². The molecule has 1 unspecified atom stereocenters. The van der Waals surface area contributed by atoms with Gasteiger partial charge < -0.3 is 0 Å². The topological polar surface area (TPSA) is 0 Å². The van der Waals surface area contributed by atoms with Crippen LogP contribution in [0.15, 0.2) is 188 Å². The van der Waals surface area contributed by atoms with Gasteiger partial charge >= 0.3 is 0 Å². The molecule has 1 atom stereocenters. The lowest BCUT2D eigenvalue weighted by Crippen LogP contribution is -2.49. The highest BCUT2D eigenvalue weighted by Crippen LogP contribution is 2.55. The number of hydrogen-bond acceptors (Lipinski definition) is 0. The lowest BCUT2D eigenvalue weighted by molar-refractivity contribution is 0.418. The maximum atomic E-state index is 2.63. The highest BCUT2D eigenvalue weighted by atomic mass is 28.3. The highest BCUT2D eigenvalue weighted by molar-refractivity contribution is 7.04. The van der Waals surface area contributed by atoms with E-state index in [0.717, 1.165) is 6.42 Å². The summed E-state index contributed by atoms with van der Waals surface area (Å²) in [4.78, 5) is 0. The molecule has 1 aliphatic heterocycles. The van der Waals surface area contributed by atoms with Crippen LogP contribution in [0.1, 0.15) is 37.0 Å². The molecule has 0 saturated carbocycles. The second-order valence-corrected chi connectivity index (χ2v) is 22.8. The Balaban J connectivity index is 1.16. The van der Waals surface area contributed by atoms with Crippen LogP contribution < -0.4 is 10.4 Å². The zero-order chi connectivity index (χ0) is 40.3. The van der Waals surface area contributed by atoms with E-state index in [2.05, 4.69) is 215 Å². The SMILES string of the molecule is CC1(C)c2ccccc2C2=CC=C(c3cccc(-c4c5ccc(-c6ccccc6)cc5c(-c5cccc6ccccc56)c5cc6c(cc45)-c4ccccc4[Si]6(C)C)c3)CC21. The largest absolute Gasteiger partial charge is 0.113 e. The molecule has 0 spiro atoms. The molecule has 286 valence electrons. The number of rotatable bonds is 4. The first-order valence-corrected chi connectivity index (χ1v) is 24.6. The van der Waals surface area contributed by atoms with Crippen LogP contribution in [-0.4, -0.2) is 8.07 Å². The van der Waals surface area contributed by atoms with E-state index in [1.165, 1.54) is 115 Å². The van der Waals surface area contributed by atoms with E-state index in [-0.39, 0.29) is 5.41 Å². The summed E-state index contributed by atoms with van der Waals surface area (Å²) in [6, 6.07) is 66.9. The van der Waals surface area contributed by atoms with Crippen LogP contribution in [0, 0.1) is 5.92 Å². The maximum absolute atomic E-state index is 2.63. The van der Waals surface area contributed by atoms with Crippen molar-refractivity contribution in [3.8, 4) is 44.5 Å². The van der Waals surface area contributed by atoms with Crippen LogP contribution >= 0.6 is 0 Å². The molecule has 0 N–H and O–H groups in total. The summed E-state index contributed by atoms with van der Waals surface area (Å²) in [6.45, 7) is 9.97. The Morgan fingerprint density at radius 3 is 1.98 bits per heavy atom. The van der Waals surface area contributed by atoms with Crippen LogP contribution in [0.2, 0.25) is 13.1 Å². The third-order valence-electron chi connectivity index (χ3n) is 14.6. The standard InChI is InChI=1S/C59H46Si/c1-59(2)53-26-12-10-23-44(53)45-30-28-41(34-54(45)59)39-20-14-21-42(32-39)57-48-31-29-40(37-16-6-5-7-17-37)33-50(48)58(47-25-15-19-38-18-8-9-22-43(38)47)52-36-56-49(35-51(52)57)46-24-11-13-27-55(46)60(56,3)4/h5-33,35-36,54H,34H2,1-4H3. The number of benzene rings is 9. The molecular weight excluding hydrogens is 737 g/mol. The average molecular weight is 783 g/mol. The fourth-order valence-corrected chi connectivity index (χ4v) is 14.6. The molecule has 2 aliphatic carbocycles. The molecule has 9 aromatic rings. The van der Waals surface area contributed by atoms with Gasteiger partial charge in [0.2, 0.25) is 0 Å². The lowest BCUT2D eigenvalue weighted by Gasteiger charge is -2.31. The first-order valence-electron chi connectivity index (χ1n) is 21.6. The van der Waals surface area contributed by atoms with Gasteiger partial charge in [-0.05, 0) is 151 Å². The van der Waals surface area contributed by atoms with E-state index in [1.54, 1.807) is 0 Å². The minimum atomic E-state index is -1.99. The van der Waals surface area contributed by atoms with Crippen molar-refractivity contribution in [1.29, 1.82) is 0 Å². The molecule has 0 aromatic heterocycles. The lowest BCUT2D eigenvalue weighted by atomic mass is 9.72. The van der Waals surface area contributed by atoms with E-state index < -0.39 is 8.07 Å². The van der Waals surface area contributed by atoms with Crippen molar-refractivity contribution in [3.63, 3.8) is 0 Å². The normalized spacial score (nSPS) is 16.9. The summed E-state index contributed by atoms with van der Waals surface area (Å²) >= 11 is 0. The minimum absolute atomic E-state index is 0.0770. The van der Waals surface area contributed by atoms with Crippen molar-refractivity contribution in [2.24, 2.45) is 5.92 Å². The molecule has 0 radical (unpaired) electrons. The minimum Gasteiger partial charge on any atom is -0.0623 e. The zero-order valence-electron chi connectivity index (χ0n) is 34.7. The average Bonchev–Trinajstić information content (AvgIpc) is 3.66. The van der Waals surface area contributed by atoms with Gasteiger partial charge in [-0.25, -0.2) is 0 Å². The fourth-order valence-electron chi connectivity index (χ4n) is 11.5. The molecule has 12 rings (SSSR count). The van der Waals surface area contributed by atoms with Crippen molar-refractivity contribution in [2.75, 3.05) is 0 Å². The molecule has 0 saturated heterocycles. The van der Waals surface area contributed by atoms with Gasteiger partial charge in [-0.1, -0.05) is 197 Å². The van der Waals surface area contributed by atoms with Crippen molar-refractivity contribution in [2.45, 2.75) is 38.8 Å². The Hall–Kier alpha value is -6.54. The zero-order valence-corrected chi connectivity index (χ0v) is 35.7. The molecule has 3 aliphatic rings. The Labute approximate surface area is 354 Å². The number of fused-ring (bicyclic) bond motifs is 9. The third kappa shape index (κ3) is 5.09. The van der Waals surface area contributed by atoms with Crippen LogP contribution in [0.3, 0.4) is 0 Å². The summed E-state index contributed by atoms with van der Waals surface area (Å²) in [5.41, 5.74) is 17.7. The molecule has 0 amide bonds. The first kappa shape index (κ1) is 35.4. The van der Waals surface area contributed by atoms with Gasteiger partial charge in [-0.15, -0.1) is 0 Å². The highest BCUT2D eigenvalue weighted by Gasteiger charge is 2.44. The van der Waals surface area contributed by atoms with Crippen molar-refractivity contribution >= 4 is 61.9 Å². The Morgan fingerprint density at radius 1 is 0.433 bits per heavy atom. The van der Waals surface area contributed by atoms with Gasteiger partial charge in [0, 0.05) is 0 Å². The van der Waals surface area contributed by atoms with E-state index >= 15 is 0 Å². The Bertz CT molecular complexity index is 3330. The molecule has 0 nitrogen and oxygen atoms in total. The second kappa shape index (κ2) is 13.0. The Kier molecular flexibility index (Phi) is 7.66. The first-order chi connectivity index (χ1) is 29.3. The van der Waals surface area contributed by atoms with Gasteiger partial charge in [0.05, 0.1) is 0 Å². The van der Waals surface area contributed by atoms with E-state index in [0.29, 0.717) is 5.92 Å². The van der Waals surface area contributed by atoms with Crippen LogP contribution in [0.4, 0.5) is 0 Å². The van der Waals surface area contributed by atoms with E-state index in [4.69, 9.17) is 0 Å². The molecule has 0 bridgehead atoms. The number of hydrogen-bond donors (Lipinski definition) is 0. The van der Waals surface area contributed by atoms with Gasteiger partial charge in [0.15, 0.2) is 0 Å². The van der Waals surface area contributed by atoms with Crippen LogP contribution in [0.25, 0.3) is 88.0 Å². The summed E-state index contributed by atoms with van der Waals surface area (Å²) in [6.07, 6.45) is 5.86. The monoisotopic (exact) mass is 782 g/mol. The summed E-state index contributed by atoms with van der Waals surface area (Å²) < 4.78 is 0. The molecule has 60 heavy (non-hydrogen) atoms. The summed E-state index contributed by atoms with van der Waals surface area (Å²) in [7, 11) is -1.99. The maximum Gasteiger partial charge on any atom is 0.113 e. The van der Waals surface area contributed by atoms with Crippen LogP contribution in [0.5, 0.6) is 0 Å². The molecule has 0 fully saturated rings. The van der Waals surface area contributed by atoms with Crippen molar-refractivity contribution in [3.05, 3.63) is 205 Å². The van der Waals surface area contributed by atoms with Crippen LogP contribution in [-0.2, 0) is 5.41 Å². The quantitative estimate of drug-likeness (QED) is 0.123. The van der Waals surface area contributed by atoms with Crippen molar-refractivity contribution < 1.29 is 0 Å². The third-order valence-corrected chi connectivity index (χ3v) is 18.1. The molecule has 1 heterocycles. The predicted octanol–water partition coefficient (Wildman–Crippen LogP) is 14.7. The number of allylic oxidation sites excluding steroid dienone is 4. The smallest absolute Gasteiger partial charge is 0.0623 e. The van der Waals surface area contributed by atoms with Gasteiger partial charge in [-0.2, -0.15) is 0 Å². The van der Waals surface area contributed by atoms with Gasteiger partial charge in [0.25, 0.3) is 0 Å². The second-order valence-electron chi connectivity index (χ2n) is 18.4.